The van der Waals surface area contributed by atoms with Crippen LogP contribution in [0.15, 0.2) is 28.4 Å². The smallest absolute Gasteiger partial charge is 0.386 e. The van der Waals surface area contributed by atoms with E-state index in [1.807, 2.05) is 11.8 Å². The second-order valence-electron chi connectivity index (χ2n) is 20.5. The van der Waals surface area contributed by atoms with E-state index in [0.29, 0.717) is 89.2 Å². The number of phosphoric ester groups is 3. The van der Waals surface area contributed by atoms with E-state index in [-0.39, 0.29) is 71.2 Å². The van der Waals surface area contributed by atoms with Gasteiger partial charge in [0.05, 0.1) is 89.8 Å². The molecule has 5 aromatic rings. The maximum Gasteiger partial charge on any atom is 0.472 e. The first-order valence-electron chi connectivity index (χ1n) is 27.4. The standard InChI is InChI=1S/C45H66N15O22P3S/c46-43-52-37-31(39(63)54-43)48-22-59(37)41-33(62)34-27(78-41)19-76-85(70,71)81-35-28(20-77-84(68,69)80-34)79-42(60-23-49-32-38(60)53-44(47)55-40(32)64)36(35)82-83(66,67)75-12-4-3-6-24-18-58(57-56-24)10-13-73-15-17-74-16-14-72-11-5-8-25(61)7-1-2-9-29-30-26(21-86-29)50-45(65)51-30/h18,22-23,26-30,33-36,41-42,62H,1-17,19-21H2,(H,66,67)(H,68,69)(H,70,71)(H2,50,51,65)(H3,46,52,54,63)(H3,47,53,55,64)/t26?,27-,28-,29?,30?,33?,34+,35?,36+,41-,42-/m1/s1. The van der Waals surface area contributed by atoms with Crippen LogP contribution >= 0.6 is 35.2 Å². The minimum atomic E-state index is -5.42. The first kappa shape index (κ1) is 63.8. The van der Waals surface area contributed by atoms with Crippen molar-refractivity contribution in [1.29, 1.82) is 0 Å². The molecule has 474 valence electrons. The van der Waals surface area contributed by atoms with Crippen LogP contribution < -0.4 is 33.2 Å². The van der Waals surface area contributed by atoms with Crippen molar-refractivity contribution in [3.63, 3.8) is 0 Å². The highest BCUT2D eigenvalue weighted by Crippen LogP contribution is 2.57. The van der Waals surface area contributed by atoms with Crippen LogP contribution in [-0.4, -0.2) is 205 Å². The van der Waals surface area contributed by atoms with Crippen molar-refractivity contribution < 1.29 is 93.9 Å². The number of Topliss-reactive ketones (excluding diaryl/α,β-unsaturated/α-hetero) is 1. The Morgan fingerprint density at radius 2 is 1.38 bits per heavy atom. The fraction of sp³-hybridized carbons (Fsp3) is 0.689. The van der Waals surface area contributed by atoms with Crippen LogP contribution in [0.4, 0.5) is 16.7 Å². The molecule has 0 saturated carbocycles. The Morgan fingerprint density at radius 3 is 2.07 bits per heavy atom. The number of H-pyrrole nitrogens is 2. The molecule has 5 aromatic heterocycles. The summed E-state index contributed by atoms with van der Waals surface area (Å²) in [6.45, 7) is 0.228. The number of rotatable bonds is 28. The molecule has 0 spiro atoms. The number of ether oxygens (including phenoxy) is 5. The van der Waals surface area contributed by atoms with Crippen molar-refractivity contribution in [1.82, 2.24) is 64.7 Å². The van der Waals surface area contributed by atoms with Crippen molar-refractivity contribution in [2.24, 2.45) is 0 Å². The summed E-state index contributed by atoms with van der Waals surface area (Å²) in [7, 11) is -16.0. The lowest BCUT2D eigenvalue weighted by Crippen LogP contribution is -2.39. The molecule has 10 rings (SSSR count). The molecule has 5 fully saturated rings. The number of nitrogens with two attached hydrogens (primary N) is 2. The van der Waals surface area contributed by atoms with E-state index in [4.69, 9.17) is 62.3 Å². The van der Waals surface area contributed by atoms with Gasteiger partial charge in [0.2, 0.25) is 11.9 Å². The normalized spacial score (nSPS) is 30.1. The number of thioether (sulfide) groups is 1. The number of aromatic nitrogens is 11. The van der Waals surface area contributed by atoms with Gasteiger partial charge < -0.3 is 65.6 Å². The molecule has 2 amide bonds. The predicted molar refractivity (Wildman–Crippen MR) is 295 cm³/mol. The van der Waals surface area contributed by atoms with Crippen LogP contribution in [0.3, 0.4) is 0 Å². The van der Waals surface area contributed by atoms with Gasteiger partial charge in [-0.25, -0.2) is 33.1 Å². The van der Waals surface area contributed by atoms with Crippen molar-refractivity contribution >= 4 is 81.3 Å². The van der Waals surface area contributed by atoms with Crippen LogP contribution in [0.1, 0.15) is 69.5 Å². The lowest BCUT2D eigenvalue weighted by Gasteiger charge is -2.29. The first-order valence-corrected chi connectivity index (χ1v) is 33.0. The highest BCUT2D eigenvalue weighted by Gasteiger charge is 2.56. The third-order valence-electron chi connectivity index (χ3n) is 14.4. The number of fused-ring (bicyclic) bond motifs is 5. The molecule has 0 radical (unpaired) electrons. The number of ketones is 1. The van der Waals surface area contributed by atoms with Crippen molar-refractivity contribution in [2.75, 3.05) is 76.7 Å². The van der Waals surface area contributed by atoms with E-state index < -0.39 is 96.9 Å². The molecule has 37 nitrogen and oxygen atoms in total. The molecule has 5 saturated heterocycles. The number of hydrogen-bond acceptors (Lipinski definition) is 28. The van der Waals surface area contributed by atoms with E-state index in [9.17, 15) is 52.7 Å². The van der Waals surface area contributed by atoms with Gasteiger partial charge >= 0.3 is 29.5 Å². The molecule has 0 aliphatic carbocycles. The van der Waals surface area contributed by atoms with Gasteiger partial charge in [0.15, 0.2) is 34.8 Å². The fourth-order valence-electron chi connectivity index (χ4n) is 10.3. The molecule has 10 heterocycles. The molecule has 14 atom stereocenters. The maximum atomic E-state index is 13.9. The third kappa shape index (κ3) is 16.0. The topological polar surface area (TPSA) is 502 Å². The van der Waals surface area contributed by atoms with E-state index in [0.717, 1.165) is 46.8 Å². The van der Waals surface area contributed by atoms with Crippen molar-refractivity contribution in [2.45, 2.75) is 131 Å². The van der Waals surface area contributed by atoms with Gasteiger partial charge in [0, 0.05) is 36.6 Å². The average molecular weight is 1290 g/mol. The number of aromatic amines is 2. The first-order chi connectivity index (χ1) is 41.2. The maximum absolute atomic E-state index is 13.9. The zero-order valence-electron chi connectivity index (χ0n) is 45.8. The van der Waals surface area contributed by atoms with E-state index in [2.05, 4.69) is 50.8 Å². The summed E-state index contributed by atoms with van der Waals surface area (Å²) < 4.78 is 106. The molecule has 0 aromatic carbocycles. The van der Waals surface area contributed by atoms with Crippen molar-refractivity contribution in [3.8, 4) is 0 Å². The summed E-state index contributed by atoms with van der Waals surface area (Å²) in [4.78, 5) is 103. The second kappa shape index (κ2) is 28.1. The van der Waals surface area contributed by atoms with Gasteiger partial charge in [-0.1, -0.05) is 11.6 Å². The molecule has 41 heteroatoms. The van der Waals surface area contributed by atoms with Gasteiger partial charge in [-0.3, -0.25) is 60.6 Å². The van der Waals surface area contributed by atoms with Crippen LogP contribution in [0.25, 0.3) is 22.3 Å². The summed E-state index contributed by atoms with van der Waals surface area (Å²) in [6, 6.07) is 0.299. The minimum Gasteiger partial charge on any atom is -0.386 e. The largest absolute Gasteiger partial charge is 0.472 e. The number of aliphatic hydroxyl groups is 1. The number of amides is 2. The summed E-state index contributed by atoms with van der Waals surface area (Å²) >= 11 is 1.88. The minimum absolute atomic E-state index is 0.0906. The third-order valence-corrected chi connectivity index (χ3v) is 18.9. The van der Waals surface area contributed by atoms with Crippen LogP contribution in [0, 0.1) is 0 Å². The van der Waals surface area contributed by atoms with E-state index >= 15 is 0 Å². The van der Waals surface area contributed by atoms with E-state index in [1.54, 1.807) is 10.9 Å². The molecular formula is C45H66N15O22P3S. The predicted octanol–water partition coefficient (Wildman–Crippen LogP) is -0.168. The zero-order chi connectivity index (χ0) is 60.8. The number of aryl methyl sites for hydroxylation is 1. The SMILES string of the molecule is Nc1nc2c(ncn2[C@@H]2O[C@@H]3COP(=O)(O)OC4[C@@H](COP(=O)(O)O[C@@H]3C2O)O[C@@H](n2cnc3c(=O)[nH]c(N)nc32)[C@H]4OP(=O)(O)OCCCCc2cn(CCOCCOCCOCCCC(=O)CCCCC3SCC4NC(=O)NC43)nn2)c(=O)[nH]1. The van der Waals surface area contributed by atoms with Gasteiger partial charge in [-0.2, -0.15) is 21.7 Å². The number of anilines is 2. The summed E-state index contributed by atoms with van der Waals surface area (Å²) in [6.07, 6.45) is -5.33. The van der Waals surface area contributed by atoms with Gasteiger partial charge in [0.25, 0.3) is 11.1 Å². The Kier molecular flexibility index (Phi) is 20.9. The number of carbonyl (C=O) groups is 2. The molecule has 5 aliphatic heterocycles. The molecule has 12 N–H and O–H groups in total. The Hall–Kier alpha value is -5.18. The monoisotopic (exact) mass is 1290 g/mol. The zero-order valence-corrected chi connectivity index (χ0v) is 49.3. The summed E-state index contributed by atoms with van der Waals surface area (Å²) in [5, 5.41) is 26.0. The number of unbranched alkanes of at least 4 members (excludes halogenated alkanes) is 2. The van der Waals surface area contributed by atoms with Crippen LogP contribution in [-0.2, 0) is 82.3 Å². The lowest BCUT2D eigenvalue weighted by atomic mass is 10.0. The van der Waals surface area contributed by atoms with Gasteiger partial charge in [0.1, 0.15) is 42.4 Å². The molecule has 5 aliphatic rings. The fourth-order valence-corrected chi connectivity index (χ4v) is 14.7. The highest BCUT2D eigenvalue weighted by atomic mass is 32.2. The molecule has 8 unspecified atom stereocenters. The average Bonchev–Trinajstić information content (AvgIpc) is 2.65. The number of hydrogen-bond donors (Lipinski definition) is 10. The number of nitrogen functional groups attached to an aromatic ring is 2. The molecule has 0 bridgehead atoms. The van der Waals surface area contributed by atoms with Gasteiger partial charge in [-0.05, 0) is 38.5 Å². The highest BCUT2D eigenvalue weighted by molar-refractivity contribution is 8.00. The molecular weight excluding hydrogens is 1230 g/mol. The van der Waals surface area contributed by atoms with Crippen LogP contribution in [0.5, 0.6) is 0 Å². The second-order valence-corrected chi connectivity index (χ2v) is 26.0. The molecule has 86 heavy (non-hydrogen) atoms. The van der Waals surface area contributed by atoms with Gasteiger partial charge in [-0.15, -0.1) is 5.10 Å². The lowest BCUT2D eigenvalue weighted by molar-refractivity contribution is -0.119. The summed E-state index contributed by atoms with van der Waals surface area (Å²) in [5.41, 5.74) is 9.66. The Labute approximate surface area is 490 Å². The quantitative estimate of drug-likeness (QED) is 0.0177. The Morgan fingerprint density at radius 1 is 0.779 bits per heavy atom. The van der Waals surface area contributed by atoms with Crippen LogP contribution in [0.2, 0.25) is 0 Å². The number of nitrogens with zero attached hydrogens (tertiary/aromatic N) is 9. The Balaban J connectivity index is 0.659. The van der Waals surface area contributed by atoms with E-state index in [1.165, 1.54) is 0 Å². The number of aliphatic hydroxyl groups excluding tert-OH is 1. The Bertz CT molecular complexity index is 3450. The number of imidazole rings is 2. The van der Waals surface area contributed by atoms with Crippen molar-refractivity contribution in [3.05, 3.63) is 45.3 Å². The number of urea groups is 1. The number of phosphoric acid groups is 3. The number of nitrogens with one attached hydrogen (secondary N) is 4. The summed E-state index contributed by atoms with van der Waals surface area (Å²) in [5.74, 6) is 0.443. The number of carbonyl (C=O) groups excluding carboxylic acids is 2.